The van der Waals surface area contributed by atoms with Crippen LogP contribution in [0.15, 0.2) is 48.5 Å². The Balaban J connectivity index is 0.00000361. The first-order valence-electron chi connectivity index (χ1n) is 12.6. The molecule has 6 N–H and O–H groups in total. The Hall–Kier alpha value is -2.81. The van der Waals surface area contributed by atoms with Gasteiger partial charge in [0.25, 0.3) is 0 Å². The van der Waals surface area contributed by atoms with Gasteiger partial charge in [-0.05, 0) is 86.7 Å². The van der Waals surface area contributed by atoms with Crippen molar-refractivity contribution in [3.8, 4) is 11.5 Å². The molecular formula is C27H39ClN6O2. The van der Waals surface area contributed by atoms with Crippen molar-refractivity contribution in [2.75, 3.05) is 45.9 Å². The summed E-state index contributed by atoms with van der Waals surface area (Å²) in [5.41, 5.74) is 12.5. The van der Waals surface area contributed by atoms with Gasteiger partial charge in [0.05, 0.1) is 13.2 Å². The maximum absolute atomic E-state index is 7.47. The molecule has 2 heterocycles. The molecule has 4 rings (SSSR count). The summed E-state index contributed by atoms with van der Waals surface area (Å²) in [6.45, 7) is 7.04. The first-order chi connectivity index (χ1) is 17.0. The van der Waals surface area contributed by atoms with E-state index in [0.29, 0.717) is 19.3 Å². The number of nitrogen functional groups attached to an aromatic ring is 2. The number of piperidine rings is 1. The number of nitrogens with zero attached hydrogens (tertiary/aromatic N) is 2. The molecule has 36 heavy (non-hydrogen) atoms. The SMILES string of the molecule is Cl.N=C(N)c1ccc(OCCCN2CC3CCCN(CCCOc4ccc(C(=N)N)cc4)C3C2)cc1. The zero-order valence-electron chi connectivity index (χ0n) is 20.8. The van der Waals surface area contributed by atoms with E-state index in [2.05, 4.69) is 9.80 Å². The Morgan fingerprint density at radius 1 is 0.806 bits per heavy atom. The third-order valence-corrected chi connectivity index (χ3v) is 7.05. The van der Waals surface area contributed by atoms with Crippen LogP contribution in [0.4, 0.5) is 0 Å². The number of likely N-dealkylation sites (tertiary alicyclic amines) is 2. The molecule has 0 aromatic heterocycles. The molecule has 0 bridgehead atoms. The minimum absolute atomic E-state index is 0. The Labute approximate surface area is 220 Å². The van der Waals surface area contributed by atoms with E-state index in [9.17, 15) is 0 Å². The summed E-state index contributed by atoms with van der Waals surface area (Å²) in [4.78, 5) is 5.27. The molecule has 0 amide bonds. The number of nitrogens with two attached hydrogens (primary N) is 2. The molecule has 2 atom stereocenters. The zero-order chi connectivity index (χ0) is 24.6. The summed E-state index contributed by atoms with van der Waals surface area (Å²) in [5, 5.41) is 14.9. The molecule has 2 fully saturated rings. The van der Waals surface area contributed by atoms with Gasteiger partial charge in [0, 0.05) is 43.3 Å². The van der Waals surface area contributed by atoms with E-state index in [4.69, 9.17) is 31.8 Å². The van der Waals surface area contributed by atoms with E-state index in [1.807, 2.05) is 48.5 Å². The number of halogens is 1. The molecule has 2 saturated heterocycles. The average Bonchev–Trinajstić information content (AvgIpc) is 3.29. The number of rotatable bonds is 12. The highest BCUT2D eigenvalue weighted by molar-refractivity contribution is 5.95. The summed E-state index contributed by atoms with van der Waals surface area (Å²) >= 11 is 0. The highest BCUT2D eigenvalue weighted by Gasteiger charge is 2.38. The quantitative estimate of drug-likeness (QED) is 0.196. The molecule has 8 nitrogen and oxygen atoms in total. The minimum Gasteiger partial charge on any atom is -0.494 e. The van der Waals surface area contributed by atoms with Crippen LogP contribution in [0.1, 0.15) is 36.8 Å². The summed E-state index contributed by atoms with van der Waals surface area (Å²) in [7, 11) is 0. The fraction of sp³-hybridized carbons (Fsp3) is 0.481. The van der Waals surface area contributed by atoms with Crippen molar-refractivity contribution in [2.24, 2.45) is 17.4 Å². The number of benzene rings is 2. The summed E-state index contributed by atoms with van der Waals surface area (Å²) in [6.07, 6.45) is 4.62. The van der Waals surface area contributed by atoms with Crippen LogP contribution < -0.4 is 20.9 Å². The first kappa shape index (κ1) is 27.8. The Morgan fingerprint density at radius 2 is 1.33 bits per heavy atom. The van der Waals surface area contributed by atoms with Crippen LogP contribution in [0.5, 0.6) is 11.5 Å². The van der Waals surface area contributed by atoms with Crippen molar-refractivity contribution in [1.29, 1.82) is 10.8 Å². The third kappa shape index (κ3) is 7.59. The lowest BCUT2D eigenvalue weighted by Crippen LogP contribution is -2.45. The normalized spacial score (nSPS) is 19.8. The standard InChI is InChI=1S/C27H38N6O2.ClH/c28-26(29)20-5-9-23(10-6-20)34-16-2-13-32-18-22-4-1-14-33(25(22)19-32)15-3-17-35-24-11-7-21(8-12-24)27(30)31;/h5-12,22,25H,1-4,13-19H2,(H3,28,29)(H3,30,31);1H. The van der Waals surface area contributed by atoms with Crippen LogP contribution in [-0.2, 0) is 0 Å². The summed E-state index contributed by atoms with van der Waals surface area (Å²) in [6, 6.07) is 15.5. The molecule has 2 aliphatic heterocycles. The molecule has 0 aliphatic carbocycles. The largest absolute Gasteiger partial charge is 0.494 e. The van der Waals surface area contributed by atoms with Gasteiger partial charge in [-0.3, -0.25) is 15.7 Å². The molecule has 0 saturated carbocycles. The van der Waals surface area contributed by atoms with Crippen LogP contribution in [0.3, 0.4) is 0 Å². The van der Waals surface area contributed by atoms with Gasteiger partial charge in [0.15, 0.2) is 0 Å². The second kappa shape index (κ2) is 13.5. The predicted molar refractivity (Wildman–Crippen MR) is 147 cm³/mol. The van der Waals surface area contributed by atoms with Crippen molar-refractivity contribution < 1.29 is 9.47 Å². The number of nitrogens with one attached hydrogen (secondary N) is 2. The molecule has 0 spiro atoms. The summed E-state index contributed by atoms with van der Waals surface area (Å²) in [5.74, 6) is 2.58. The molecule has 2 unspecified atom stereocenters. The lowest BCUT2D eigenvalue weighted by atomic mass is 9.92. The molecule has 2 aromatic rings. The van der Waals surface area contributed by atoms with Gasteiger partial charge in [-0.1, -0.05) is 0 Å². The van der Waals surface area contributed by atoms with E-state index < -0.39 is 0 Å². The molecule has 196 valence electrons. The van der Waals surface area contributed by atoms with Gasteiger partial charge < -0.3 is 25.8 Å². The van der Waals surface area contributed by atoms with Gasteiger partial charge in [-0.25, -0.2) is 0 Å². The van der Waals surface area contributed by atoms with Crippen molar-refractivity contribution in [1.82, 2.24) is 9.80 Å². The number of hydrogen-bond donors (Lipinski definition) is 4. The third-order valence-electron chi connectivity index (χ3n) is 7.05. The van der Waals surface area contributed by atoms with Gasteiger partial charge in [0.2, 0.25) is 0 Å². The number of ether oxygens (including phenoxy) is 2. The second-order valence-electron chi connectivity index (χ2n) is 9.55. The van der Waals surface area contributed by atoms with E-state index in [1.165, 1.54) is 25.9 Å². The van der Waals surface area contributed by atoms with Gasteiger partial charge in [0.1, 0.15) is 23.2 Å². The maximum atomic E-state index is 7.47. The molecule has 9 heteroatoms. The van der Waals surface area contributed by atoms with E-state index in [0.717, 1.165) is 61.0 Å². The van der Waals surface area contributed by atoms with E-state index >= 15 is 0 Å². The fourth-order valence-corrected chi connectivity index (χ4v) is 5.22. The van der Waals surface area contributed by atoms with E-state index in [1.54, 1.807) is 0 Å². The van der Waals surface area contributed by atoms with E-state index in [-0.39, 0.29) is 24.1 Å². The number of hydrogen-bond acceptors (Lipinski definition) is 6. The van der Waals surface area contributed by atoms with Gasteiger partial charge in [-0.15, -0.1) is 12.4 Å². The lowest BCUT2D eigenvalue weighted by molar-refractivity contribution is 0.115. The van der Waals surface area contributed by atoms with Crippen molar-refractivity contribution in [3.05, 3.63) is 59.7 Å². The molecule has 2 aliphatic rings. The van der Waals surface area contributed by atoms with Crippen LogP contribution in [0.2, 0.25) is 0 Å². The van der Waals surface area contributed by atoms with Gasteiger partial charge >= 0.3 is 0 Å². The minimum atomic E-state index is 0. The zero-order valence-corrected chi connectivity index (χ0v) is 21.6. The second-order valence-corrected chi connectivity index (χ2v) is 9.55. The lowest BCUT2D eigenvalue weighted by Gasteiger charge is -2.37. The smallest absolute Gasteiger partial charge is 0.122 e. The average molecular weight is 515 g/mol. The molecule has 0 radical (unpaired) electrons. The van der Waals surface area contributed by atoms with Crippen LogP contribution in [-0.4, -0.2) is 73.5 Å². The number of fused-ring (bicyclic) bond motifs is 1. The van der Waals surface area contributed by atoms with Crippen LogP contribution in [0.25, 0.3) is 0 Å². The highest BCUT2D eigenvalue weighted by atomic mass is 35.5. The van der Waals surface area contributed by atoms with Gasteiger partial charge in [-0.2, -0.15) is 0 Å². The van der Waals surface area contributed by atoms with Crippen LogP contribution in [0, 0.1) is 16.7 Å². The van der Waals surface area contributed by atoms with Crippen molar-refractivity contribution >= 4 is 24.1 Å². The highest BCUT2D eigenvalue weighted by Crippen LogP contribution is 2.30. The molecular weight excluding hydrogens is 476 g/mol. The fourth-order valence-electron chi connectivity index (χ4n) is 5.22. The summed E-state index contributed by atoms with van der Waals surface area (Å²) < 4.78 is 11.8. The monoisotopic (exact) mass is 514 g/mol. The predicted octanol–water partition coefficient (Wildman–Crippen LogP) is 3.31. The van der Waals surface area contributed by atoms with Crippen molar-refractivity contribution in [3.63, 3.8) is 0 Å². The first-order valence-corrected chi connectivity index (χ1v) is 12.6. The molecule has 2 aromatic carbocycles. The van der Waals surface area contributed by atoms with Crippen LogP contribution >= 0.6 is 12.4 Å². The Kier molecular flexibility index (Phi) is 10.4. The number of amidine groups is 2. The topological polar surface area (TPSA) is 125 Å². The Bertz CT molecular complexity index is 985. The Morgan fingerprint density at radius 3 is 1.86 bits per heavy atom. The van der Waals surface area contributed by atoms with Crippen molar-refractivity contribution in [2.45, 2.75) is 31.7 Å². The maximum Gasteiger partial charge on any atom is 0.122 e.